The van der Waals surface area contributed by atoms with Crippen LogP contribution in [0.3, 0.4) is 0 Å². The summed E-state index contributed by atoms with van der Waals surface area (Å²) < 4.78 is 36.5. The average molecular weight is 362 g/mol. The van der Waals surface area contributed by atoms with E-state index in [0.717, 1.165) is 18.4 Å². The molecule has 1 fully saturated rings. The minimum absolute atomic E-state index is 0.0298. The summed E-state index contributed by atoms with van der Waals surface area (Å²) in [6.07, 6.45) is 1.55. The first-order chi connectivity index (χ1) is 12.0. The molecule has 2 atom stereocenters. The van der Waals surface area contributed by atoms with Crippen molar-refractivity contribution >= 4 is 9.84 Å². The largest absolute Gasteiger partial charge is 0.491 e. The standard InChI is InChI=1S/C19H22O5S/c1-14-2-8-18(9-3-14)25(21,22)19-10-6-15(7-11-19)23-13-17-5-4-16(12-20)24-17/h2-3,6-11,16-17,20H,4-5,12-13H2,1H3. The molecule has 0 aromatic heterocycles. The number of benzene rings is 2. The molecule has 2 aromatic carbocycles. The Morgan fingerprint density at radius 3 is 2.12 bits per heavy atom. The topological polar surface area (TPSA) is 72.8 Å². The van der Waals surface area contributed by atoms with E-state index >= 15 is 0 Å². The van der Waals surface area contributed by atoms with Gasteiger partial charge >= 0.3 is 0 Å². The van der Waals surface area contributed by atoms with Crippen molar-refractivity contribution in [2.45, 2.75) is 41.8 Å². The predicted molar refractivity (Wildman–Crippen MR) is 93.5 cm³/mol. The lowest BCUT2D eigenvalue weighted by atomic mass is 10.2. The minimum atomic E-state index is -3.52. The summed E-state index contributed by atoms with van der Waals surface area (Å²) in [5.41, 5.74) is 1.01. The Bertz CT molecular complexity index is 797. The fourth-order valence-corrected chi connectivity index (χ4v) is 4.06. The Hall–Kier alpha value is -1.89. The van der Waals surface area contributed by atoms with Crippen LogP contribution in [0.5, 0.6) is 5.75 Å². The average Bonchev–Trinajstić information content (AvgIpc) is 3.09. The zero-order valence-corrected chi connectivity index (χ0v) is 14.9. The van der Waals surface area contributed by atoms with Gasteiger partial charge in [0.1, 0.15) is 12.4 Å². The van der Waals surface area contributed by atoms with Crippen molar-refractivity contribution in [2.75, 3.05) is 13.2 Å². The predicted octanol–water partition coefficient (Wildman–Crippen LogP) is 2.75. The molecule has 1 heterocycles. The summed E-state index contributed by atoms with van der Waals surface area (Å²) in [4.78, 5) is 0.516. The molecule has 2 aromatic rings. The van der Waals surface area contributed by atoms with E-state index in [2.05, 4.69) is 0 Å². The van der Waals surface area contributed by atoms with Gasteiger partial charge in [-0.25, -0.2) is 8.42 Å². The van der Waals surface area contributed by atoms with Gasteiger partial charge in [-0.05, 0) is 56.2 Å². The maximum absolute atomic E-state index is 12.6. The first-order valence-corrected chi connectivity index (χ1v) is 9.78. The van der Waals surface area contributed by atoms with Gasteiger partial charge in [-0.3, -0.25) is 0 Å². The van der Waals surface area contributed by atoms with Crippen LogP contribution in [0.2, 0.25) is 0 Å². The molecule has 0 saturated carbocycles. The van der Waals surface area contributed by atoms with Crippen LogP contribution in [0.1, 0.15) is 18.4 Å². The lowest BCUT2D eigenvalue weighted by Gasteiger charge is -2.13. The smallest absolute Gasteiger partial charge is 0.206 e. The van der Waals surface area contributed by atoms with Crippen LogP contribution < -0.4 is 4.74 Å². The third-order valence-electron chi connectivity index (χ3n) is 4.30. The first kappa shape index (κ1) is 17.9. The van der Waals surface area contributed by atoms with Gasteiger partial charge in [-0.2, -0.15) is 0 Å². The molecule has 0 bridgehead atoms. The van der Waals surface area contributed by atoms with E-state index in [9.17, 15) is 8.42 Å². The number of sulfone groups is 1. The number of aryl methyl sites for hydroxylation is 1. The highest BCUT2D eigenvalue weighted by atomic mass is 32.2. The summed E-state index contributed by atoms with van der Waals surface area (Å²) in [6, 6.07) is 13.2. The van der Waals surface area contributed by atoms with Crippen LogP contribution in [0.4, 0.5) is 0 Å². The first-order valence-electron chi connectivity index (χ1n) is 8.30. The molecular formula is C19H22O5S. The van der Waals surface area contributed by atoms with Gasteiger partial charge < -0.3 is 14.6 Å². The molecule has 0 spiro atoms. The molecular weight excluding hydrogens is 340 g/mol. The van der Waals surface area contributed by atoms with Gasteiger partial charge in [0, 0.05) is 0 Å². The highest BCUT2D eigenvalue weighted by Gasteiger charge is 2.25. The molecule has 0 aliphatic carbocycles. The normalized spacial score (nSPS) is 20.6. The van der Waals surface area contributed by atoms with Crippen LogP contribution >= 0.6 is 0 Å². The van der Waals surface area contributed by atoms with Crippen LogP contribution in [0.15, 0.2) is 58.3 Å². The Balaban J connectivity index is 1.64. The Morgan fingerprint density at radius 2 is 1.56 bits per heavy atom. The number of aliphatic hydroxyl groups is 1. The van der Waals surface area contributed by atoms with Gasteiger partial charge in [0.15, 0.2) is 0 Å². The number of aliphatic hydroxyl groups excluding tert-OH is 1. The maximum atomic E-state index is 12.6. The molecule has 1 aliphatic heterocycles. The summed E-state index contributed by atoms with van der Waals surface area (Å²) in [5.74, 6) is 0.596. The molecule has 5 nitrogen and oxygen atoms in total. The van der Waals surface area contributed by atoms with Gasteiger partial charge in [0.2, 0.25) is 9.84 Å². The van der Waals surface area contributed by atoms with Crippen molar-refractivity contribution in [3.8, 4) is 5.75 Å². The zero-order chi connectivity index (χ0) is 17.9. The van der Waals surface area contributed by atoms with Crippen molar-refractivity contribution in [2.24, 2.45) is 0 Å². The summed E-state index contributed by atoms with van der Waals surface area (Å²) >= 11 is 0. The number of ether oxygens (including phenoxy) is 2. The quantitative estimate of drug-likeness (QED) is 0.855. The van der Waals surface area contributed by atoms with Crippen LogP contribution in [-0.2, 0) is 14.6 Å². The van der Waals surface area contributed by atoms with E-state index in [1.165, 1.54) is 0 Å². The summed E-state index contributed by atoms with van der Waals surface area (Å²) in [5, 5.41) is 9.06. The van der Waals surface area contributed by atoms with Gasteiger partial charge in [0.05, 0.1) is 28.6 Å². The lowest BCUT2D eigenvalue weighted by molar-refractivity contribution is -0.00722. The number of hydrogen-bond donors (Lipinski definition) is 1. The second-order valence-electron chi connectivity index (χ2n) is 6.24. The second kappa shape index (κ2) is 7.56. The van der Waals surface area contributed by atoms with E-state index in [0.29, 0.717) is 12.4 Å². The molecule has 3 rings (SSSR count). The molecule has 0 radical (unpaired) electrons. The highest BCUT2D eigenvalue weighted by Crippen LogP contribution is 2.24. The SMILES string of the molecule is Cc1ccc(S(=O)(=O)c2ccc(OCC3CCC(CO)O3)cc2)cc1. The summed E-state index contributed by atoms with van der Waals surface area (Å²) in [7, 11) is -3.52. The maximum Gasteiger partial charge on any atom is 0.206 e. The minimum Gasteiger partial charge on any atom is -0.491 e. The van der Waals surface area contributed by atoms with E-state index in [4.69, 9.17) is 14.6 Å². The molecule has 134 valence electrons. The van der Waals surface area contributed by atoms with E-state index in [-0.39, 0.29) is 28.6 Å². The van der Waals surface area contributed by atoms with E-state index in [1.807, 2.05) is 6.92 Å². The van der Waals surface area contributed by atoms with Crippen LogP contribution in [0.25, 0.3) is 0 Å². The summed E-state index contributed by atoms with van der Waals surface area (Å²) in [6.45, 7) is 2.34. The van der Waals surface area contributed by atoms with Crippen molar-refractivity contribution in [1.29, 1.82) is 0 Å². The van der Waals surface area contributed by atoms with E-state index < -0.39 is 9.84 Å². The van der Waals surface area contributed by atoms with Gasteiger partial charge in [-0.1, -0.05) is 17.7 Å². The monoisotopic (exact) mass is 362 g/mol. The fraction of sp³-hybridized carbons (Fsp3) is 0.368. The highest BCUT2D eigenvalue weighted by molar-refractivity contribution is 7.91. The van der Waals surface area contributed by atoms with E-state index in [1.54, 1.807) is 48.5 Å². The van der Waals surface area contributed by atoms with Crippen molar-refractivity contribution in [3.63, 3.8) is 0 Å². The number of hydrogen-bond acceptors (Lipinski definition) is 5. The molecule has 1 aliphatic rings. The third-order valence-corrected chi connectivity index (χ3v) is 6.09. The zero-order valence-electron chi connectivity index (χ0n) is 14.1. The Kier molecular flexibility index (Phi) is 5.42. The molecule has 1 N–H and O–H groups in total. The van der Waals surface area contributed by atoms with Gasteiger partial charge in [-0.15, -0.1) is 0 Å². The second-order valence-corrected chi connectivity index (χ2v) is 8.19. The van der Waals surface area contributed by atoms with Crippen molar-refractivity contribution in [3.05, 3.63) is 54.1 Å². The molecule has 0 amide bonds. The van der Waals surface area contributed by atoms with Gasteiger partial charge in [0.25, 0.3) is 0 Å². The fourth-order valence-electron chi connectivity index (χ4n) is 2.79. The Labute approximate surface area is 148 Å². The molecule has 1 saturated heterocycles. The molecule has 6 heteroatoms. The van der Waals surface area contributed by atoms with Crippen LogP contribution in [-0.4, -0.2) is 38.9 Å². The lowest BCUT2D eigenvalue weighted by Crippen LogP contribution is -2.20. The Morgan fingerprint density at radius 1 is 1.00 bits per heavy atom. The van der Waals surface area contributed by atoms with Crippen molar-refractivity contribution in [1.82, 2.24) is 0 Å². The molecule has 2 unspecified atom stereocenters. The number of rotatable bonds is 6. The third kappa shape index (κ3) is 4.21. The van der Waals surface area contributed by atoms with Crippen molar-refractivity contribution < 1.29 is 23.0 Å². The molecule has 25 heavy (non-hydrogen) atoms. The van der Waals surface area contributed by atoms with Crippen LogP contribution in [0, 0.1) is 6.92 Å².